The molecule has 0 saturated heterocycles. The van der Waals surface area contributed by atoms with E-state index in [4.69, 9.17) is 11.5 Å². The van der Waals surface area contributed by atoms with Crippen molar-refractivity contribution in [2.75, 3.05) is 0 Å². The molecule has 55 valence electrons. The topological polar surface area (TPSA) is 66.9 Å². The molecule has 0 aromatic carbocycles. The largest absolute Gasteiger partial charge is 0.369 e. The maximum Gasteiger partial charge on any atom is 0.234 e. The van der Waals surface area contributed by atoms with Crippen LogP contribution in [0.4, 0.5) is 4.39 Å². The van der Waals surface area contributed by atoms with Crippen molar-refractivity contribution in [1.82, 2.24) is 5.73 Å². The zero-order valence-corrected chi connectivity index (χ0v) is 5.87. The highest BCUT2D eigenvalue weighted by molar-refractivity contribution is 7.80. The molecule has 3 nitrogen and oxygen atoms in total. The lowest BCUT2D eigenvalue weighted by atomic mass is 10.1. The van der Waals surface area contributed by atoms with E-state index in [1.165, 1.54) is 0 Å². The molecule has 0 aliphatic carbocycles. The number of hydrogen-bond donors (Lipinski definition) is 1. The number of halogens is 1. The summed E-state index contributed by atoms with van der Waals surface area (Å²) in [6.45, 7) is 2.82. The van der Waals surface area contributed by atoms with Crippen LogP contribution in [-0.4, -0.2) is 10.9 Å². The van der Waals surface area contributed by atoms with Crippen molar-refractivity contribution < 1.29 is 9.18 Å². The fourth-order valence-electron chi connectivity index (χ4n) is 0.426. The molecule has 0 aliphatic rings. The smallest absolute Gasteiger partial charge is 0.234 e. The first-order valence-corrected chi connectivity index (χ1v) is 2.76. The van der Waals surface area contributed by atoms with Gasteiger partial charge in [0.1, 0.15) is 16.7 Å². The summed E-state index contributed by atoms with van der Waals surface area (Å²) in [4.78, 5) is 9.75. The van der Waals surface area contributed by atoms with Crippen LogP contribution in [0.15, 0.2) is 12.4 Å². The van der Waals surface area contributed by atoms with Gasteiger partial charge in [0.05, 0.1) is 0 Å². The molecule has 0 heterocycles. The normalized spacial score (nSPS) is 12.1. The Morgan fingerprint density at radius 3 is 2.20 bits per heavy atom. The van der Waals surface area contributed by atoms with E-state index >= 15 is 0 Å². The summed E-state index contributed by atoms with van der Waals surface area (Å²) >= 11 is 4.23. The molecule has 1 radical (unpaired) electrons. The number of thiocarbonyl (C=S) groups is 1. The Morgan fingerprint density at radius 1 is 1.80 bits per heavy atom. The minimum Gasteiger partial charge on any atom is -0.369 e. The maximum atomic E-state index is 12.2. The van der Waals surface area contributed by atoms with E-state index in [1.54, 1.807) is 0 Å². The van der Waals surface area contributed by atoms with Gasteiger partial charge in [0, 0.05) is 0 Å². The fraction of sp³-hybridized carbons (Fsp3) is 0.200. The molecule has 0 aliphatic heterocycles. The number of hydrogen-bond acceptors (Lipinski definition) is 2. The van der Waals surface area contributed by atoms with Crippen LogP contribution in [0, 0.1) is 5.92 Å². The SMILES string of the molecule is C=C(F)C(C(N)=O)C([NH])=S. The first kappa shape index (κ1) is 9.03. The average molecular weight is 161 g/mol. The molecular formula is C5H6FN2OS. The third-order valence-corrected chi connectivity index (χ3v) is 1.10. The second-order valence-electron chi connectivity index (χ2n) is 1.65. The summed E-state index contributed by atoms with van der Waals surface area (Å²) in [5.74, 6) is -3.39. The molecule has 0 bridgehead atoms. The van der Waals surface area contributed by atoms with E-state index in [9.17, 15) is 9.18 Å². The third-order valence-electron chi connectivity index (χ3n) is 0.860. The van der Waals surface area contributed by atoms with Crippen LogP contribution in [0.2, 0.25) is 0 Å². The summed E-state index contributed by atoms with van der Waals surface area (Å²) in [5, 5.41) is 0. The van der Waals surface area contributed by atoms with Crippen molar-refractivity contribution in [3.05, 3.63) is 12.4 Å². The van der Waals surface area contributed by atoms with Crippen LogP contribution in [0.3, 0.4) is 0 Å². The van der Waals surface area contributed by atoms with Gasteiger partial charge in [0.2, 0.25) is 5.91 Å². The summed E-state index contributed by atoms with van der Waals surface area (Å²) in [7, 11) is 0. The summed E-state index contributed by atoms with van der Waals surface area (Å²) < 4.78 is 12.2. The molecule has 1 atom stereocenters. The highest BCUT2D eigenvalue weighted by atomic mass is 32.1. The molecule has 5 heteroatoms. The minimum atomic E-state index is -1.44. The Morgan fingerprint density at radius 2 is 2.20 bits per heavy atom. The molecule has 0 fully saturated rings. The summed E-state index contributed by atoms with van der Waals surface area (Å²) in [6.07, 6.45) is 0. The quantitative estimate of drug-likeness (QED) is 0.600. The van der Waals surface area contributed by atoms with Crippen molar-refractivity contribution in [2.45, 2.75) is 0 Å². The number of primary amides is 1. The van der Waals surface area contributed by atoms with Crippen molar-refractivity contribution in [1.29, 1.82) is 0 Å². The average Bonchev–Trinajstić information content (AvgIpc) is 1.59. The lowest BCUT2D eigenvalue weighted by molar-refractivity contribution is -0.119. The van der Waals surface area contributed by atoms with E-state index in [0.717, 1.165) is 0 Å². The predicted molar refractivity (Wildman–Crippen MR) is 38.6 cm³/mol. The molecular weight excluding hydrogens is 155 g/mol. The Kier molecular flexibility index (Phi) is 2.95. The van der Waals surface area contributed by atoms with E-state index < -0.39 is 22.6 Å². The number of amides is 1. The lowest BCUT2D eigenvalue weighted by Gasteiger charge is -2.05. The predicted octanol–water partition coefficient (Wildman–Crippen LogP) is 0.181. The van der Waals surface area contributed by atoms with Crippen LogP contribution in [0.1, 0.15) is 0 Å². The highest BCUT2D eigenvalue weighted by Gasteiger charge is 2.22. The zero-order chi connectivity index (χ0) is 8.31. The van der Waals surface area contributed by atoms with Gasteiger partial charge in [-0.3, -0.25) is 10.5 Å². The Hall–Kier alpha value is -0.970. The highest BCUT2D eigenvalue weighted by Crippen LogP contribution is 2.09. The number of nitrogens with one attached hydrogen (secondary N) is 1. The van der Waals surface area contributed by atoms with Crippen LogP contribution < -0.4 is 11.5 Å². The molecule has 0 aromatic rings. The van der Waals surface area contributed by atoms with Crippen LogP contribution in [0.5, 0.6) is 0 Å². The standard InChI is InChI=1S/C5H6FN2OS/c1-2(6)3(4(7)9)5(8)10/h3,8H,1H2,(H2,7,9). The van der Waals surface area contributed by atoms with Gasteiger partial charge in [-0.15, -0.1) is 0 Å². The van der Waals surface area contributed by atoms with Crippen molar-refractivity contribution in [3.8, 4) is 0 Å². The Balaban J connectivity index is 4.43. The van der Waals surface area contributed by atoms with Gasteiger partial charge in [-0.2, -0.15) is 0 Å². The molecule has 0 rings (SSSR count). The van der Waals surface area contributed by atoms with Gasteiger partial charge in [-0.25, -0.2) is 4.39 Å². The van der Waals surface area contributed by atoms with Gasteiger partial charge < -0.3 is 5.73 Å². The van der Waals surface area contributed by atoms with Crippen LogP contribution >= 0.6 is 12.2 Å². The molecule has 0 aromatic heterocycles. The molecule has 1 amide bonds. The molecule has 0 spiro atoms. The van der Waals surface area contributed by atoms with Gasteiger partial charge in [-0.05, 0) is 0 Å². The van der Waals surface area contributed by atoms with Gasteiger partial charge in [0.25, 0.3) is 0 Å². The van der Waals surface area contributed by atoms with Gasteiger partial charge >= 0.3 is 0 Å². The number of rotatable bonds is 3. The maximum absolute atomic E-state index is 12.2. The summed E-state index contributed by atoms with van der Waals surface area (Å²) in [5.41, 5.74) is 11.4. The monoisotopic (exact) mass is 161 g/mol. The van der Waals surface area contributed by atoms with Crippen LogP contribution in [-0.2, 0) is 4.79 Å². The molecule has 3 N–H and O–H groups in total. The second kappa shape index (κ2) is 3.26. The Labute approximate surface area is 62.9 Å². The molecule has 1 unspecified atom stereocenters. The summed E-state index contributed by atoms with van der Waals surface area (Å²) in [6, 6.07) is 0. The number of carbonyl (C=O) groups is 1. The first-order valence-electron chi connectivity index (χ1n) is 2.36. The lowest BCUT2D eigenvalue weighted by Crippen LogP contribution is -2.30. The van der Waals surface area contributed by atoms with Crippen molar-refractivity contribution >= 4 is 23.1 Å². The fourth-order valence-corrected chi connectivity index (χ4v) is 0.670. The van der Waals surface area contributed by atoms with E-state index in [1.807, 2.05) is 0 Å². The Bertz CT molecular complexity index is 159. The minimum absolute atomic E-state index is 0.542. The van der Waals surface area contributed by atoms with Gasteiger partial charge in [-0.1, -0.05) is 18.8 Å². The second-order valence-corrected chi connectivity index (χ2v) is 2.09. The molecule has 0 saturated carbocycles. The number of carbonyl (C=O) groups excluding carboxylic acids is 1. The van der Waals surface area contributed by atoms with Crippen molar-refractivity contribution in [2.24, 2.45) is 11.7 Å². The molecule has 10 heavy (non-hydrogen) atoms. The zero-order valence-electron chi connectivity index (χ0n) is 5.06. The van der Waals surface area contributed by atoms with Gasteiger partial charge in [0.15, 0.2) is 0 Å². The van der Waals surface area contributed by atoms with Crippen molar-refractivity contribution in [3.63, 3.8) is 0 Å². The van der Waals surface area contributed by atoms with Crippen LogP contribution in [0.25, 0.3) is 0 Å². The van der Waals surface area contributed by atoms with E-state index in [2.05, 4.69) is 18.8 Å². The number of nitrogens with two attached hydrogens (primary N) is 1. The third kappa shape index (κ3) is 2.10. The first-order chi connectivity index (χ1) is 4.46. The van der Waals surface area contributed by atoms with E-state index in [-0.39, 0.29) is 0 Å². The van der Waals surface area contributed by atoms with E-state index in [0.29, 0.717) is 0 Å².